The quantitative estimate of drug-likeness (QED) is 0.743. The molecule has 1 unspecified atom stereocenters. The van der Waals surface area contributed by atoms with Crippen LogP contribution in [0.4, 0.5) is 0 Å². The van der Waals surface area contributed by atoms with Gasteiger partial charge in [-0.2, -0.15) is 0 Å². The Balaban J connectivity index is 2.10. The summed E-state index contributed by atoms with van der Waals surface area (Å²) in [5.41, 5.74) is 0.588. The molecule has 0 aromatic heterocycles. The Hall–Kier alpha value is -1.68. The smallest absolute Gasteiger partial charge is 0.320 e. The molecule has 0 bridgehead atoms. The van der Waals surface area contributed by atoms with Gasteiger partial charge in [-0.1, -0.05) is 30.3 Å². The number of hydrogen-bond acceptors (Lipinski definition) is 4. The molecule has 1 fully saturated rings. The average Bonchev–Trinajstić information content (AvgIpc) is 2.44. The molecule has 1 atom stereocenters. The first-order valence-electron chi connectivity index (χ1n) is 7.02. The number of carbonyl (C=O) groups is 2. The van der Waals surface area contributed by atoms with E-state index < -0.39 is 5.54 Å². The van der Waals surface area contributed by atoms with E-state index in [1.807, 2.05) is 42.3 Å². The van der Waals surface area contributed by atoms with Crippen molar-refractivity contribution in [2.75, 3.05) is 20.2 Å². The lowest BCUT2D eigenvalue weighted by Crippen LogP contribution is -2.62. The highest BCUT2D eigenvalue weighted by Crippen LogP contribution is 2.36. The molecule has 0 heterocycles. The van der Waals surface area contributed by atoms with E-state index in [2.05, 4.69) is 0 Å². The number of ether oxygens (including phenoxy) is 1. The molecule has 0 radical (unpaired) electrons. The van der Waals surface area contributed by atoms with Gasteiger partial charge in [0.05, 0.1) is 18.7 Å². The molecule has 1 aromatic carbocycles. The molecular weight excluding hydrogens is 254 g/mol. The summed E-state index contributed by atoms with van der Waals surface area (Å²) in [4.78, 5) is 25.6. The van der Waals surface area contributed by atoms with Gasteiger partial charge in [0.2, 0.25) is 0 Å². The number of ketones is 1. The zero-order valence-electron chi connectivity index (χ0n) is 12.1. The van der Waals surface area contributed by atoms with Crippen LogP contribution in [0.15, 0.2) is 30.3 Å². The summed E-state index contributed by atoms with van der Waals surface area (Å²) in [5.74, 6) is -0.0599. The minimum atomic E-state index is -0.534. The van der Waals surface area contributed by atoms with Crippen LogP contribution in [0.3, 0.4) is 0 Å². The molecule has 20 heavy (non-hydrogen) atoms. The van der Waals surface area contributed by atoms with Crippen molar-refractivity contribution in [3.63, 3.8) is 0 Å². The maximum absolute atomic E-state index is 12.1. The molecule has 0 aliphatic heterocycles. The number of esters is 1. The Morgan fingerprint density at radius 3 is 2.55 bits per heavy atom. The van der Waals surface area contributed by atoms with E-state index >= 15 is 0 Å². The zero-order valence-corrected chi connectivity index (χ0v) is 12.1. The van der Waals surface area contributed by atoms with Gasteiger partial charge in [-0.15, -0.1) is 0 Å². The van der Waals surface area contributed by atoms with E-state index in [1.165, 1.54) is 0 Å². The molecule has 1 saturated carbocycles. The standard InChI is InChI=1S/C16H21NO3/c1-3-20-15(19)12-17(2)16(10-9-14(16)18)11-13-7-5-4-6-8-13/h4-8H,3,9-12H2,1-2H3. The van der Waals surface area contributed by atoms with Crippen LogP contribution in [0, 0.1) is 0 Å². The average molecular weight is 275 g/mol. The summed E-state index contributed by atoms with van der Waals surface area (Å²) < 4.78 is 4.97. The third-order valence-electron chi connectivity index (χ3n) is 4.03. The lowest BCUT2D eigenvalue weighted by Gasteiger charge is -2.46. The van der Waals surface area contributed by atoms with Gasteiger partial charge in [0.1, 0.15) is 0 Å². The lowest BCUT2D eigenvalue weighted by atomic mass is 9.70. The van der Waals surface area contributed by atoms with Crippen LogP contribution in [0.1, 0.15) is 25.3 Å². The third kappa shape index (κ3) is 2.90. The van der Waals surface area contributed by atoms with Crippen LogP contribution in [0.2, 0.25) is 0 Å². The van der Waals surface area contributed by atoms with Gasteiger partial charge in [-0.05, 0) is 32.4 Å². The van der Waals surface area contributed by atoms with Crippen LogP contribution in [-0.2, 0) is 20.7 Å². The molecule has 1 aromatic rings. The summed E-state index contributed by atoms with van der Waals surface area (Å²) in [6.07, 6.45) is 2.05. The van der Waals surface area contributed by atoms with Crippen molar-refractivity contribution < 1.29 is 14.3 Å². The van der Waals surface area contributed by atoms with Gasteiger partial charge in [0.25, 0.3) is 0 Å². The van der Waals surface area contributed by atoms with E-state index in [4.69, 9.17) is 4.74 Å². The minimum Gasteiger partial charge on any atom is -0.465 e. The highest BCUT2D eigenvalue weighted by Gasteiger charge is 2.49. The minimum absolute atomic E-state index is 0.159. The fourth-order valence-electron chi connectivity index (χ4n) is 2.73. The predicted octanol–water partition coefficient (Wildman–Crippen LogP) is 1.83. The van der Waals surface area contributed by atoms with Crippen molar-refractivity contribution in [3.05, 3.63) is 35.9 Å². The van der Waals surface area contributed by atoms with Gasteiger partial charge >= 0.3 is 5.97 Å². The number of rotatable bonds is 6. The van der Waals surface area contributed by atoms with E-state index in [9.17, 15) is 9.59 Å². The Morgan fingerprint density at radius 2 is 2.05 bits per heavy atom. The number of benzene rings is 1. The highest BCUT2D eigenvalue weighted by atomic mass is 16.5. The first-order chi connectivity index (χ1) is 9.58. The number of nitrogens with zero attached hydrogens (tertiary/aromatic N) is 1. The van der Waals surface area contributed by atoms with Gasteiger partial charge in [0, 0.05) is 6.42 Å². The van der Waals surface area contributed by atoms with E-state index in [-0.39, 0.29) is 18.3 Å². The molecule has 0 amide bonds. The van der Waals surface area contributed by atoms with E-state index in [1.54, 1.807) is 6.92 Å². The summed E-state index contributed by atoms with van der Waals surface area (Å²) in [5, 5.41) is 0. The topological polar surface area (TPSA) is 46.6 Å². The van der Waals surface area contributed by atoms with Crippen molar-refractivity contribution in [1.82, 2.24) is 4.90 Å². The SMILES string of the molecule is CCOC(=O)CN(C)C1(Cc2ccccc2)CCC1=O. The Labute approximate surface area is 119 Å². The second-order valence-electron chi connectivity index (χ2n) is 5.28. The molecule has 1 aliphatic carbocycles. The van der Waals surface area contributed by atoms with Gasteiger partial charge < -0.3 is 4.74 Å². The van der Waals surface area contributed by atoms with E-state index in [0.29, 0.717) is 19.4 Å². The maximum Gasteiger partial charge on any atom is 0.320 e. The van der Waals surface area contributed by atoms with Crippen molar-refractivity contribution in [2.24, 2.45) is 0 Å². The van der Waals surface area contributed by atoms with Crippen LogP contribution < -0.4 is 0 Å². The molecule has 1 aliphatic rings. The first kappa shape index (κ1) is 14.7. The van der Waals surface area contributed by atoms with Crippen molar-refractivity contribution in [2.45, 2.75) is 31.7 Å². The summed E-state index contributed by atoms with van der Waals surface area (Å²) >= 11 is 0. The zero-order chi connectivity index (χ0) is 14.6. The highest BCUT2D eigenvalue weighted by molar-refractivity contribution is 5.95. The van der Waals surface area contributed by atoms with Crippen LogP contribution in [0.25, 0.3) is 0 Å². The Morgan fingerprint density at radius 1 is 1.35 bits per heavy atom. The molecular formula is C16H21NO3. The molecule has 2 rings (SSSR count). The molecule has 0 spiro atoms. The third-order valence-corrected chi connectivity index (χ3v) is 4.03. The fourth-order valence-corrected chi connectivity index (χ4v) is 2.73. The molecule has 4 heteroatoms. The van der Waals surface area contributed by atoms with Gasteiger partial charge in [-0.3, -0.25) is 14.5 Å². The monoisotopic (exact) mass is 275 g/mol. The number of carbonyl (C=O) groups excluding carboxylic acids is 2. The van der Waals surface area contributed by atoms with Crippen LogP contribution in [0.5, 0.6) is 0 Å². The van der Waals surface area contributed by atoms with Gasteiger partial charge in [0.15, 0.2) is 5.78 Å². The number of likely N-dealkylation sites (N-methyl/N-ethyl adjacent to an activating group) is 1. The summed E-state index contributed by atoms with van der Waals surface area (Å²) in [6.45, 7) is 2.31. The number of Topliss-reactive ketones (excluding diaryl/α,β-unsaturated/α-hetero) is 1. The predicted molar refractivity (Wildman–Crippen MR) is 76.4 cm³/mol. The number of hydrogen-bond donors (Lipinski definition) is 0. The largest absolute Gasteiger partial charge is 0.465 e. The normalized spacial score (nSPS) is 21.6. The fraction of sp³-hybridized carbons (Fsp3) is 0.500. The molecule has 0 N–H and O–H groups in total. The van der Waals surface area contributed by atoms with Crippen molar-refractivity contribution in [3.8, 4) is 0 Å². The molecule has 108 valence electrons. The summed E-state index contributed by atoms with van der Waals surface area (Å²) in [7, 11) is 1.83. The van der Waals surface area contributed by atoms with Crippen LogP contribution >= 0.6 is 0 Å². The molecule has 4 nitrogen and oxygen atoms in total. The van der Waals surface area contributed by atoms with Crippen molar-refractivity contribution >= 4 is 11.8 Å². The van der Waals surface area contributed by atoms with Crippen molar-refractivity contribution in [1.29, 1.82) is 0 Å². The molecule has 0 saturated heterocycles. The lowest BCUT2D eigenvalue weighted by molar-refractivity contribution is -0.150. The second kappa shape index (κ2) is 6.18. The Bertz CT molecular complexity index is 486. The Kier molecular flexibility index (Phi) is 4.55. The van der Waals surface area contributed by atoms with E-state index in [0.717, 1.165) is 12.0 Å². The summed E-state index contributed by atoms with van der Waals surface area (Å²) in [6, 6.07) is 9.94. The maximum atomic E-state index is 12.1. The second-order valence-corrected chi connectivity index (χ2v) is 5.28. The first-order valence-corrected chi connectivity index (χ1v) is 7.02. The van der Waals surface area contributed by atoms with Gasteiger partial charge in [-0.25, -0.2) is 0 Å². The van der Waals surface area contributed by atoms with Crippen LogP contribution in [-0.4, -0.2) is 42.4 Å².